The summed E-state index contributed by atoms with van der Waals surface area (Å²) in [5.41, 5.74) is 0.621. The molecule has 21 heavy (non-hydrogen) atoms. The van der Waals surface area contributed by atoms with Gasteiger partial charge in [-0.15, -0.1) is 5.06 Å². The number of amides is 2. The van der Waals surface area contributed by atoms with Crippen LogP contribution in [0.4, 0.5) is 0 Å². The lowest BCUT2D eigenvalue weighted by Crippen LogP contribution is -2.37. The molecule has 0 spiro atoms. The molecule has 1 heterocycles. The van der Waals surface area contributed by atoms with Crippen LogP contribution in [-0.2, 0) is 0 Å². The van der Waals surface area contributed by atoms with Crippen LogP contribution in [0.5, 0.6) is 5.75 Å². The number of imide groups is 1. The monoisotopic (exact) mass is 285 g/mol. The predicted octanol–water partition coefficient (Wildman–Crippen LogP) is 3.00. The van der Waals surface area contributed by atoms with Gasteiger partial charge in [-0.25, -0.2) is 0 Å². The van der Waals surface area contributed by atoms with Crippen molar-refractivity contribution in [2.75, 3.05) is 6.61 Å². The highest BCUT2D eigenvalue weighted by Crippen LogP contribution is 2.35. The Morgan fingerprint density at radius 2 is 1.81 bits per heavy atom. The molecule has 5 heteroatoms. The van der Waals surface area contributed by atoms with E-state index in [0.29, 0.717) is 28.9 Å². The normalized spacial score (nSPS) is 13.9. The summed E-state index contributed by atoms with van der Waals surface area (Å²) in [6.07, 6.45) is 1.96. The van der Waals surface area contributed by atoms with Crippen LogP contribution in [-0.4, -0.2) is 28.7 Å². The zero-order valence-electron chi connectivity index (χ0n) is 11.6. The number of carbonyl (C=O) groups is 2. The fourth-order valence-electron chi connectivity index (χ4n) is 2.51. The molecule has 1 aliphatic rings. The van der Waals surface area contributed by atoms with E-state index in [1.54, 1.807) is 24.3 Å². The minimum Gasteiger partial charge on any atom is -0.493 e. The van der Waals surface area contributed by atoms with Gasteiger partial charge < -0.3 is 4.74 Å². The summed E-state index contributed by atoms with van der Waals surface area (Å²) in [5, 5.41) is 11.0. The summed E-state index contributed by atoms with van der Waals surface area (Å²) in [7, 11) is 0. The quantitative estimate of drug-likeness (QED) is 0.532. The van der Waals surface area contributed by atoms with Gasteiger partial charge in [0.25, 0.3) is 11.8 Å². The Morgan fingerprint density at radius 3 is 2.52 bits per heavy atom. The van der Waals surface area contributed by atoms with Gasteiger partial charge in [-0.2, -0.15) is 0 Å². The molecule has 0 radical (unpaired) electrons. The molecule has 1 aliphatic heterocycles. The number of carbonyl (C=O) groups excluding carboxylic acids is 2. The van der Waals surface area contributed by atoms with E-state index < -0.39 is 11.8 Å². The molecule has 2 aromatic carbocycles. The number of ether oxygens (including phenoxy) is 1. The molecule has 0 unspecified atom stereocenters. The predicted molar refractivity (Wildman–Crippen MR) is 76.6 cm³/mol. The lowest BCUT2D eigenvalue weighted by Gasteiger charge is -2.22. The lowest BCUT2D eigenvalue weighted by atomic mass is 9.94. The minimum atomic E-state index is -0.705. The maximum Gasteiger partial charge on any atom is 0.285 e. The van der Waals surface area contributed by atoms with Crippen LogP contribution < -0.4 is 4.74 Å². The molecule has 0 fully saturated rings. The van der Waals surface area contributed by atoms with Crippen LogP contribution in [0.2, 0.25) is 0 Å². The second-order valence-electron chi connectivity index (χ2n) is 4.96. The summed E-state index contributed by atoms with van der Waals surface area (Å²) in [6, 6.07) is 8.43. The fourth-order valence-corrected chi connectivity index (χ4v) is 2.51. The number of nitrogens with zero attached hydrogens (tertiary/aromatic N) is 1. The molecule has 3 rings (SSSR count). The van der Waals surface area contributed by atoms with Gasteiger partial charge in [0.05, 0.1) is 17.7 Å². The number of hydrogen-bond donors (Lipinski definition) is 1. The molecule has 1 N–H and O–H groups in total. The van der Waals surface area contributed by atoms with E-state index >= 15 is 0 Å². The first-order valence-corrected chi connectivity index (χ1v) is 6.91. The van der Waals surface area contributed by atoms with E-state index in [2.05, 4.69) is 6.92 Å². The van der Waals surface area contributed by atoms with Crippen molar-refractivity contribution in [2.24, 2.45) is 0 Å². The number of rotatable bonds is 4. The van der Waals surface area contributed by atoms with Gasteiger partial charge in [-0.3, -0.25) is 14.8 Å². The van der Waals surface area contributed by atoms with Crippen molar-refractivity contribution < 1.29 is 19.5 Å². The lowest BCUT2D eigenvalue weighted by molar-refractivity contribution is -0.0377. The first-order valence-electron chi connectivity index (χ1n) is 6.91. The smallest absolute Gasteiger partial charge is 0.285 e. The Hall–Kier alpha value is -2.40. The third kappa shape index (κ3) is 2.06. The number of hydroxylamine groups is 2. The first kappa shape index (κ1) is 13.6. The second kappa shape index (κ2) is 5.18. The Labute approximate surface area is 121 Å². The Balaban J connectivity index is 2.18. The Kier molecular flexibility index (Phi) is 3.35. The van der Waals surface area contributed by atoms with Crippen LogP contribution in [0.3, 0.4) is 0 Å². The maximum atomic E-state index is 12.0. The standard InChI is InChI=1S/C16H15NO4/c1-2-3-9-21-13-8-7-12-14-10(13)5-4-6-11(14)15(18)17(20)16(12)19/h4-8,20H,2-3,9H2,1H3. The molecule has 5 nitrogen and oxygen atoms in total. The molecule has 2 aromatic rings. The van der Waals surface area contributed by atoms with Gasteiger partial charge in [0.1, 0.15) is 5.75 Å². The van der Waals surface area contributed by atoms with Gasteiger partial charge in [-0.1, -0.05) is 25.5 Å². The fraction of sp³-hybridized carbons (Fsp3) is 0.250. The van der Waals surface area contributed by atoms with Crippen LogP contribution in [0.1, 0.15) is 40.5 Å². The van der Waals surface area contributed by atoms with Crippen LogP contribution in [0, 0.1) is 0 Å². The average molecular weight is 285 g/mol. The van der Waals surface area contributed by atoms with E-state index in [9.17, 15) is 14.8 Å². The van der Waals surface area contributed by atoms with E-state index in [-0.39, 0.29) is 5.06 Å². The highest BCUT2D eigenvalue weighted by molar-refractivity contribution is 6.25. The SMILES string of the molecule is CCCCOc1ccc2c3c(cccc13)C(=O)N(O)C2=O. The van der Waals surface area contributed by atoms with Crippen molar-refractivity contribution in [3.05, 3.63) is 41.5 Å². The highest BCUT2D eigenvalue weighted by Gasteiger charge is 2.32. The summed E-state index contributed by atoms with van der Waals surface area (Å²) in [4.78, 5) is 24.0. The molecule has 0 saturated carbocycles. The van der Waals surface area contributed by atoms with Crippen molar-refractivity contribution in [1.29, 1.82) is 0 Å². The minimum absolute atomic E-state index is 0.161. The Morgan fingerprint density at radius 1 is 1.10 bits per heavy atom. The summed E-state index contributed by atoms with van der Waals surface area (Å²) < 4.78 is 5.74. The van der Waals surface area contributed by atoms with E-state index in [1.165, 1.54) is 0 Å². The summed E-state index contributed by atoms with van der Waals surface area (Å²) in [6.45, 7) is 2.66. The van der Waals surface area contributed by atoms with Crippen LogP contribution in [0.25, 0.3) is 10.8 Å². The van der Waals surface area contributed by atoms with Crippen molar-refractivity contribution in [3.63, 3.8) is 0 Å². The molecule has 0 atom stereocenters. The average Bonchev–Trinajstić information content (AvgIpc) is 2.51. The van der Waals surface area contributed by atoms with E-state index in [4.69, 9.17) is 4.74 Å². The molecule has 2 amide bonds. The van der Waals surface area contributed by atoms with Crippen LogP contribution >= 0.6 is 0 Å². The van der Waals surface area contributed by atoms with Gasteiger partial charge >= 0.3 is 0 Å². The van der Waals surface area contributed by atoms with Gasteiger partial charge in [0.15, 0.2) is 0 Å². The zero-order chi connectivity index (χ0) is 15.0. The molecular weight excluding hydrogens is 270 g/mol. The topological polar surface area (TPSA) is 66.8 Å². The number of benzene rings is 2. The molecular formula is C16H15NO4. The largest absolute Gasteiger partial charge is 0.493 e. The third-order valence-electron chi connectivity index (χ3n) is 3.60. The van der Waals surface area contributed by atoms with Crippen LogP contribution in [0.15, 0.2) is 30.3 Å². The number of unbranched alkanes of at least 4 members (excludes halogenated alkanes) is 1. The maximum absolute atomic E-state index is 12.0. The molecule has 0 aliphatic carbocycles. The van der Waals surface area contributed by atoms with E-state index in [1.807, 2.05) is 6.07 Å². The molecule has 0 bridgehead atoms. The van der Waals surface area contributed by atoms with Crippen molar-refractivity contribution >= 4 is 22.6 Å². The van der Waals surface area contributed by atoms with Crippen molar-refractivity contribution in [2.45, 2.75) is 19.8 Å². The van der Waals surface area contributed by atoms with Crippen molar-refractivity contribution in [1.82, 2.24) is 5.06 Å². The zero-order valence-corrected chi connectivity index (χ0v) is 11.6. The van der Waals surface area contributed by atoms with Crippen molar-refractivity contribution in [3.8, 4) is 5.75 Å². The molecule has 0 aromatic heterocycles. The second-order valence-corrected chi connectivity index (χ2v) is 4.96. The van der Waals surface area contributed by atoms with Gasteiger partial charge in [0, 0.05) is 10.8 Å². The molecule has 108 valence electrons. The molecule has 0 saturated heterocycles. The van der Waals surface area contributed by atoms with Gasteiger partial charge in [-0.05, 0) is 24.6 Å². The van der Waals surface area contributed by atoms with E-state index in [0.717, 1.165) is 18.2 Å². The highest BCUT2D eigenvalue weighted by atomic mass is 16.5. The Bertz CT molecular complexity index is 716. The van der Waals surface area contributed by atoms with Gasteiger partial charge in [0.2, 0.25) is 0 Å². The first-order chi connectivity index (χ1) is 10.1. The summed E-state index contributed by atoms with van der Waals surface area (Å²) in [5.74, 6) is -0.761. The number of hydrogen-bond acceptors (Lipinski definition) is 4. The third-order valence-corrected chi connectivity index (χ3v) is 3.60. The summed E-state index contributed by atoms with van der Waals surface area (Å²) >= 11 is 0.